The molecule has 0 unspecified atom stereocenters. The van der Waals surface area contributed by atoms with Gasteiger partial charge in [0.1, 0.15) is 5.75 Å². The lowest BCUT2D eigenvalue weighted by molar-refractivity contribution is -0.128. The fourth-order valence-electron chi connectivity index (χ4n) is 6.23. The lowest BCUT2D eigenvalue weighted by atomic mass is 9.53. The van der Waals surface area contributed by atoms with Crippen LogP contribution in [-0.2, 0) is 4.79 Å². The van der Waals surface area contributed by atoms with Crippen LogP contribution in [0.3, 0.4) is 0 Å². The van der Waals surface area contributed by atoms with E-state index in [1.807, 2.05) is 48.5 Å². The predicted octanol–water partition coefficient (Wildman–Crippen LogP) is 4.69. The van der Waals surface area contributed by atoms with Gasteiger partial charge >= 0.3 is 0 Å². The number of carbonyl (C=O) groups excluding carboxylic acids is 1. The van der Waals surface area contributed by atoms with Gasteiger partial charge in [0, 0.05) is 5.54 Å². The standard InChI is InChI=1S/C25H26N2O2/c26-15-17-1-3-21(4-2-17)22-5-7-23(8-6-22)29-16-24(28)27-25-12-18-9-19(13-25)11-20(10-18)14-25/h1-8,18-20H,9-14,16H2,(H,27,28). The number of benzene rings is 2. The second-order valence-corrected chi connectivity index (χ2v) is 9.25. The van der Waals surface area contributed by atoms with Crippen LogP contribution < -0.4 is 10.1 Å². The molecule has 4 saturated carbocycles. The number of amides is 1. The van der Waals surface area contributed by atoms with Crippen LogP contribution in [0.15, 0.2) is 48.5 Å². The lowest BCUT2D eigenvalue weighted by Crippen LogP contribution is -2.60. The van der Waals surface area contributed by atoms with Gasteiger partial charge in [-0.3, -0.25) is 4.79 Å². The quantitative estimate of drug-likeness (QED) is 0.811. The van der Waals surface area contributed by atoms with E-state index < -0.39 is 0 Å². The SMILES string of the molecule is N#Cc1ccc(-c2ccc(OCC(=O)NC34CC5CC(CC(C5)C3)C4)cc2)cc1. The lowest BCUT2D eigenvalue weighted by Gasteiger charge is -2.56. The summed E-state index contributed by atoms with van der Waals surface area (Å²) in [6.07, 6.45) is 7.59. The van der Waals surface area contributed by atoms with Gasteiger partial charge in [-0.1, -0.05) is 24.3 Å². The van der Waals surface area contributed by atoms with Crippen LogP contribution in [0.4, 0.5) is 0 Å². The molecule has 0 radical (unpaired) electrons. The van der Waals surface area contributed by atoms with Gasteiger partial charge in [-0.25, -0.2) is 0 Å². The van der Waals surface area contributed by atoms with Crippen molar-refractivity contribution in [1.82, 2.24) is 5.32 Å². The van der Waals surface area contributed by atoms with E-state index in [2.05, 4.69) is 11.4 Å². The summed E-state index contributed by atoms with van der Waals surface area (Å²) in [4.78, 5) is 12.6. The highest BCUT2D eigenvalue weighted by atomic mass is 16.5. The van der Waals surface area contributed by atoms with Gasteiger partial charge in [-0.05, 0) is 91.7 Å². The first-order valence-corrected chi connectivity index (χ1v) is 10.7. The number of nitrogens with zero attached hydrogens (tertiary/aromatic N) is 1. The van der Waals surface area contributed by atoms with Gasteiger partial charge in [0.05, 0.1) is 11.6 Å². The molecule has 4 fully saturated rings. The molecule has 0 aliphatic heterocycles. The zero-order chi connectivity index (χ0) is 19.8. The van der Waals surface area contributed by atoms with Crippen molar-refractivity contribution >= 4 is 5.91 Å². The molecule has 6 rings (SSSR count). The second kappa shape index (κ2) is 7.22. The van der Waals surface area contributed by atoms with E-state index in [9.17, 15) is 4.79 Å². The van der Waals surface area contributed by atoms with Crippen LogP contribution >= 0.6 is 0 Å². The minimum atomic E-state index is 0.00289. The number of ether oxygens (including phenoxy) is 1. The molecule has 1 N–H and O–H groups in total. The Hall–Kier alpha value is -2.80. The molecule has 2 aromatic rings. The Morgan fingerprint density at radius 1 is 0.931 bits per heavy atom. The summed E-state index contributed by atoms with van der Waals surface area (Å²) in [6.45, 7) is 0.0674. The third-order valence-electron chi connectivity index (χ3n) is 7.01. The first-order valence-electron chi connectivity index (χ1n) is 10.7. The van der Waals surface area contributed by atoms with Crippen molar-refractivity contribution in [2.24, 2.45) is 17.8 Å². The largest absolute Gasteiger partial charge is 0.484 e. The molecule has 4 nitrogen and oxygen atoms in total. The molecule has 0 spiro atoms. The summed E-state index contributed by atoms with van der Waals surface area (Å²) < 4.78 is 5.75. The van der Waals surface area contributed by atoms with Crippen LogP contribution in [0.1, 0.15) is 44.1 Å². The zero-order valence-electron chi connectivity index (χ0n) is 16.6. The molecule has 1 amide bonds. The molecule has 4 heteroatoms. The number of hydrogen-bond donors (Lipinski definition) is 1. The van der Waals surface area contributed by atoms with E-state index in [4.69, 9.17) is 10.00 Å². The maximum atomic E-state index is 12.6. The summed E-state index contributed by atoms with van der Waals surface area (Å²) in [5.74, 6) is 3.15. The highest BCUT2D eigenvalue weighted by Gasteiger charge is 2.51. The molecule has 0 atom stereocenters. The van der Waals surface area contributed by atoms with Gasteiger partial charge in [0.25, 0.3) is 5.91 Å². The van der Waals surface area contributed by atoms with Gasteiger partial charge in [0.15, 0.2) is 6.61 Å². The zero-order valence-corrected chi connectivity index (χ0v) is 16.6. The van der Waals surface area contributed by atoms with Crippen molar-refractivity contribution in [2.75, 3.05) is 6.61 Å². The number of nitriles is 1. The average molecular weight is 386 g/mol. The van der Waals surface area contributed by atoms with Gasteiger partial charge in [-0.2, -0.15) is 5.26 Å². The molecule has 148 valence electrons. The van der Waals surface area contributed by atoms with Crippen molar-refractivity contribution in [3.8, 4) is 22.9 Å². The molecule has 0 heterocycles. The minimum Gasteiger partial charge on any atom is -0.484 e. The van der Waals surface area contributed by atoms with Crippen LogP contribution in [0.5, 0.6) is 5.75 Å². The number of nitrogens with one attached hydrogen (secondary N) is 1. The first kappa shape index (κ1) is 18.2. The highest BCUT2D eigenvalue weighted by Crippen LogP contribution is 2.55. The summed E-state index contributed by atoms with van der Waals surface area (Å²) in [5, 5.41) is 12.3. The smallest absolute Gasteiger partial charge is 0.258 e. The highest BCUT2D eigenvalue weighted by molar-refractivity contribution is 5.78. The molecule has 4 bridgehead atoms. The summed E-state index contributed by atoms with van der Waals surface area (Å²) in [7, 11) is 0. The molecular weight excluding hydrogens is 360 g/mol. The van der Waals surface area contributed by atoms with Crippen LogP contribution in [0.2, 0.25) is 0 Å². The van der Waals surface area contributed by atoms with E-state index in [1.54, 1.807) is 0 Å². The predicted molar refractivity (Wildman–Crippen MR) is 111 cm³/mol. The Morgan fingerprint density at radius 2 is 1.45 bits per heavy atom. The van der Waals surface area contributed by atoms with E-state index in [1.165, 1.54) is 19.3 Å². The van der Waals surface area contributed by atoms with Gasteiger partial charge in [0.2, 0.25) is 0 Å². The van der Waals surface area contributed by atoms with Crippen LogP contribution in [0, 0.1) is 29.1 Å². The molecular formula is C25H26N2O2. The van der Waals surface area contributed by atoms with Crippen molar-refractivity contribution in [1.29, 1.82) is 5.26 Å². The number of hydrogen-bond acceptors (Lipinski definition) is 3. The fraction of sp³-hybridized carbons (Fsp3) is 0.440. The normalized spacial score (nSPS) is 29.3. The maximum Gasteiger partial charge on any atom is 0.258 e. The van der Waals surface area contributed by atoms with E-state index in [0.717, 1.165) is 48.1 Å². The Kier molecular flexibility index (Phi) is 4.54. The Balaban J connectivity index is 1.17. The minimum absolute atomic E-state index is 0.00289. The summed E-state index contributed by atoms with van der Waals surface area (Å²) in [5.41, 5.74) is 2.79. The number of carbonyl (C=O) groups is 1. The summed E-state index contributed by atoms with van der Waals surface area (Å²) in [6, 6.07) is 17.4. The average Bonchev–Trinajstić information content (AvgIpc) is 2.71. The molecule has 2 aromatic carbocycles. The van der Waals surface area contributed by atoms with E-state index in [-0.39, 0.29) is 18.1 Å². The van der Waals surface area contributed by atoms with E-state index in [0.29, 0.717) is 11.3 Å². The van der Waals surface area contributed by atoms with E-state index >= 15 is 0 Å². The third kappa shape index (κ3) is 3.74. The first-order chi connectivity index (χ1) is 14.1. The topological polar surface area (TPSA) is 62.1 Å². The Bertz CT molecular complexity index is 905. The third-order valence-corrected chi connectivity index (χ3v) is 7.01. The molecule has 0 saturated heterocycles. The summed E-state index contributed by atoms with van der Waals surface area (Å²) >= 11 is 0. The fourth-order valence-corrected chi connectivity index (χ4v) is 6.23. The van der Waals surface area contributed by atoms with Gasteiger partial charge in [-0.15, -0.1) is 0 Å². The monoisotopic (exact) mass is 386 g/mol. The van der Waals surface area contributed by atoms with Crippen LogP contribution in [0.25, 0.3) is 11.1 Å². The van der Waals surface area contributed by atoms with Crippen molar-refractivity contribution < 1.29 is 9.53 Å². The Morgan fingerprint density at radius 3 is 1.97 bits per heavy atom. The maximum absolute atomic E-state index is 12.6. The molecule has 29 heavy (non-hydrogen) atoms. The molecule has 0 aromatic heterocycles. The molecule has 4 aliphatic rings. The van der Waals surface area contributed by atoms with Crippen molar-refractivity contribution in [3.63, 3.8) is 0 Å². The number of rotatable bonds is 5. The van der Waals surface area contributed by atoms with Crippen molar-refractivity contribution in [2.45, 2.75) is 44.1 Å². The Labute approximate surface area is 171 Å². The van der Waals surface area contributed by atoms with Crippen LogP contribution in [-0.4, -0.2) is 18.1 Å². The second-order valence-electron chi connectivity index (χ2n) is 9.25. The van der Waals surface area contributed by atoms with Gasteiger partial charge < -0.3 is 10.1 Å². The van der Waals surface area contributed by atoms with Crippen molar-refractivity contribution in [3.05, 3.63) is 54.1 Å². The molecule has 4 aliphatic carbocycles.